The fourth-order valence-corrected chi connectivity index (χ4v) is 3.14. The van der Waals surface area contributed by atoms with Gasteiger partial charge in [0, 0.05) is 23.5 Å². The number of likely N-dealkylation sites (N-methyl/N-ethyl adjacent to an activating group) is 1. The van der Waals surface area contributed by atoms with E-state index in [0.29, 0.717) is 13.0 Å². The van der Waals surface area contributed by atoms with Gasteiger partial charge in [-0.2, -0.15) is 0 Å². The van der Waals surface area contributed by atoms with Gasteiger partial charge in [0.05, 0.1) is 12.1 Å². The van der Waals surface area contributed by atoms with E-state index in [1.807, 2.05) is 5.38 Å². The highest BCUT2D eigenvalue weighted by molar-refractivity contribution is 7.13. The topological polar surface area (TPSA) is 54.0 Å². The zero-order valence-electron chi connectivity index (χ0n) is 14.5. The maximum Gasteiger partial charge on any atom is 0.226 e. The van der Waals surface area contributed by atoms with E-state index in [0.717, 1.165) is 29.2 Å². The summed E-state index contributed by atoms with van der Waals surface area (Å²) in [5.74, 6) is 0.0212. The molecule has 0 spiro atoms. The number of benzene rings is 1. The molecule has 24 heavy (non-hydrogen) atoms. The minimum Gasteiger partial charge on any atom is -0.354 e. The second kappa shape index (κ2) is 10.4. The zero-order valence-corrected chi connectivity index (χ0v) is 16.1. The molecule has 0 unspecified atom stereocenters. The van der Waals surface area contributed by atoms with Crippen LogP contribution in [0.15, 0.2) is 29.6 Å². The molecule has 2 aromatic rings. The Morgan fingerprint density at radius 1 is 1.25 bits per heavy atom. The predicted molar refractivity (Wildman–Crippen MR) is 104 cm³/mol. The Bertz CT molecular complexity index is 627. The average Bonchev–Trinajstić information content (AvgIpc) is 3.02. The third-order valence-corrected chi connectivity index (χ3v) is 4.60. The number of halogens is 1. The number of aromatic nitrogens is 1. The van der Waals surface area contributed by atoms with Crippen molar-refractivity contribution in [2.24, 2.45) is 0 Å². The van der Waals surface area contributed by atoms with Crippen LogP contribution < -0.4 is 10.6 Å². The molecule has 2 N–H and O–H groups in total. The number of carbonyl (C=O) groups is 1. The largest absolute Gasteiger partial charge is 0.354 e. The Morgan fingerprint density at radius 3 is 2.58 bits per heavy atom. The molecule has 0 saturated heterocycles. The molecule has 1 aromatic carbocycles. The summed E-state index contributed by atoms with van der Waals surface area (Å²) in [6.45, 7) is 7.81. The molecule has 1 amide bonds. The van der Waals surface area contributed by atoms with E-state index in [-0.39, 0.29) is 24.4 Å². The van der Waals surface area contributed by atoms with Crippen molar-refractivity contribution in [2.75, 3.05) is 13.1 Å². The van der Waals surface area contributed by atoms with Gasteiger partial charge in [-0.05, 0) is 25.5 Å². The SMILES string of the molecule is CCN[C@H](C)CNC(=O)Cc1csc(-c2ccc(CC)cc2)n1.Cl. The second-order valence-corrected chi connectivity index (χ2v) is 6.49. The van der Waals surface area contributed by atoms with Crippen molar-refractivity contribution in [1.29, 1.82) is 0 Å². The third kappa shape index (κ3) is 6.23. The number of thiazole rings is 1. The van der Waals surface area contributed by atoms with E-state index in [2.05, 4.69) is 60.7 Å². The van der Waals surface area contributed by atoms with E-state index >= 15 is 0 Å². The summed E-state index contributed by atoms with van der Waals surface area (Å²) in [6.07, 6.45) is 1.37. The second-order valence-electron chi connectivity index (χ2n) is 5.63. The number of hydrogen-bond acceptors (Lipinski definition) is 4. The molecule has 4 nitrogen and oxygen atoms in total. The first-order valence-corrected chi connectivity index (χ1v) is 9.04. The molecule has 1 atom stereocenters. The van der Waals surface area contributed by atoms with Crippen LogP contribution in [-0.2, 0) is 17.6 Å². The molecular formula is C18H26ClN3OS. The van der Waals surface area contributed by atoms with Gasteiger partial charge in [0.25, 0.3) is 0 Å². The van der Waals surface area contributed by atoms with E-state index < -0.39 is 0 Å². The summed E-state index contributed by atoms with van der Waals surface area (Å²) < 4.78 is 0. The zero-order chi connectivity index (χ0) is 16.7. The van der Waals surface area contributed by atoms with Crippen LogP contribution >= 0.6 is 23.7 Å². The molecule has 132 valence electrons. The van der Waals surface area contributed by atoms with Crippen molar-refractivity contribution in [3.63, 3.8) is 0 Å². The molecule has 2 rings (SSSR count). The summed E-state index contributed by atoms with van der Waals surface area (Å²) >= 11 is 1.59. The molecule has 1 heterocycles. The average molecular weight is 368 g/mol. The number of hydrogen-bond donors (Lipinski definition) is 2. The van der Waals surface area contributed by atoms with Crippen molar-refractivity contribution in [2.45, 2.75) is 39.7 Å². The highest BCUT2D eigenvalue weighted by atomic mass is 35.5. The van der Waals surface area contributed by atoms with Gasteiger partial charge in [0.2, 0.25) is 5.91 Å². The van der Waals surface area contributed by atoms with Crippen LogP contribution in [0.1, 0.15) is 32.0 Å². The number of aryl methyl sites for hydroxylation is 1. The minimum atomic E-state index is 0. The first-order valence-electron chi connectivity index (χ1n) is 8.16. The molecular weight excluding hydrogens is 342 g/mol. The quantitative estimate of drug-likeness (QED) is 0.751. The van der Waals surface area contributed by atoms with Gasteiger partial charge >= 0.3 is 0 Å². The Labute approximate surface area is 154 Å². The maximum atomic E-state index is 12.0. The van der Waals surface area contributed by atoms with Crippen LogP contribution in [0.4, 0.5) is 0 Å². The standard InChI is InChI=1S/C18H25N3OS.ClH/c1-4-14-6-8-15(9-7-14)18-21-16(12-23-18)10-17(22)20-11-13(3)19-5-2;/h6-9,12-13,19H,4-5,10-11H2,1-3H3,(H,20,22);1H/t13-;/m1./s1. The molecule has 6 heteroatoms. The van der Waals surface area contributed by atoms with Crippen molar-refractivity contribution < 1.29 is 4.79 Å². The molecule has 0 bridgehead atoms. The van der Waals surface area contributed by atoms with Crippen LogP contribution in [0.3, 0.4) is 0 Å². The first kappa shape index (κ1) is 20.6. The summed E-state index contributed by atoms with van der Waals surface area (Å²) in [7, 11) is 0. The van der Waals surface area contributed by atoms with Crippen LogP contribution in [0.5, 0.6) is 0 Å². The maximum absolute atomic E-state index is 12.0. The van der Waals surface area contributed by atoms with Crippen LogP contribution in [-0.4, -0.2) is 30.0 Å². The van der Waals surface area contributed by atoms with Crippen LogP contribution in [0.25, 0.3) is 10.6 Å². The molecule has 0 fully saturated rings. The Morgan fingerprint density at radius 2 is 1.96 bits per heavy atom. The number of carbonyl (C=O) groups excluding carboxylic acids is 1. The summed E-state index contributed by atoms with van der Waals surface area (Å²) in [5, 5.41) is 9.15. The van der Waals surface area contributed by atoms with Crippen LogP contribution in [0.2, 0.25) is 0 Å². The van der Waals surface area contributed by atoms with Gasteiger partial charge in [-0.15, -0.1) is 23.7 Å². The number of amides is 1. The van der Waals surface area contributed by atoms with Gasteiger partial charge in [0.15, 0.2) is 0 Å². The van der Waals surface area contributed by atoms with Gasteiger partial charge in [0.1, 0.15) is 5.01 Å². The highest BCUT2D eigenvalue weighted by Gasteiger charge is 2.10. The van der Waals surface area contributed by atoms with E-state index in [1.165, 1.54) is 5.56 Å². The van der Waals surface area contributed by atoms with Crippen molar-refractivity contribution in [3.05, 3.63) is 40.9 Å². The minimum absolute atomic E-state index is 0. The summed E-state index contributed by atoms with van der Waals surface area (Å²) in [6, 6.07) is 8.74. The number of nitrogens with zero attached hydrogens (tertiary/aromatic N) is 1. The smallest absolute Gasteiger partial charge is 0.226 e. The lowest BCUT2D eigenvalue weighted by Gasteiger charge is -2.12. The van der Waals surface area contributed by atoms with Crippen molar-refractivity contribution in [1.82, 2.24) is 15.6 Å². The van der Waals surface area contributed by atoms with Crippen LogP contribution in [0, 0.1) is 0 Å². The lowest BCUT2D eigenvalue weighted by atomic mass is 10.1. The Kier molecular flexibility index (Phi) is 8.97. The molecule has 0 saturated carbocycles. The lowest BCUT2D eigenvalue weighted by molar-refractivity contribution is -0.120. The van der Waals surface area contributed by atoms with Gasteiger partial charge in [-0.25, -0.2) is 4.98 Å². The molecule has 0 aliphatic carbocycles. The Balaban J connectivity index is 0.00000288. The first-order chi connectivity index (χ1) is 11.1. The fraction of sp³-hybridized carbons (Fsp3) is 0.444. The van der Waals surface area contributed by atoms with Crippen molar-refractivity contribution in [3.8, 4) is 10.6 Å². The fourth-order valence-electron chi connectivity index (χ4n) is 2.32. The van der Waals surface area contributed by atoms with E-state index in [1.54, 1.807) is 11.3 Å². The number of nitrogens with one attached hydrogen (secondary N) is 2. The predicted octanol–water partition coefficient (Wildman–Crippen LogP) is 3.45. The van der Waals surface area contributed by atoms with Gasteiger partial charge in [-0.1, -0.05) is 38.1 Å². The summed E-state index contributed by atoms with van der Waals surface area (Å²) in [4.78, 5) is 16.6. The third-order valence-electron chi connectivity index (χ3n) is 3.66. The Hall–Kier alpha value is -1.43. The molecule has 0 aliphatic rings. The van der Waals surface area contributed by atoms with Gasteiger partial charge < -0.3 is 10.6 Å². The summed E-state index contributed by atoms with van der Waals surface area (Å²) in [5.41, 5.74) is 3.26. The van der Waals surface area contributed by atoms with Gasteiger partial charge in [-0.3, -0.25) is 4.79 Å². The van der Waals surface area contributed by atoms with Crippen molar-refractivity contribution >= 4 is 29.7 Å². The molecule has 0 aliphatic heterocycles. The lowest BCUT2D eigenvalue weighted by Crippen LogP contribution is -2.39. The normalized spacial score (nSPS) is 11.6. The van der Waals surface area contributed by atoms with E-state index in [4.69, 9.17) is 0 Å². The van der Waals surface area contributed by atoms with E-state index in [9.17, 15) is 4.79 Å². The highest BCUT2D eigenvalue weighted by Crippen LogP contribution is 2.24. The monoisotopic (exact) mass is 367 g/mol. The molecule has 1 aromatic heterocycles. The molecule has 0 radical (unpaired) electrons. The number of rotatable bonds is 8.